The minimum atomic E-state index is -0.562. The van der Waals surface area contributed by atoms with Gasteiger partial charge in [-0.15, -0.1) is 0 Å². The molecule has 2 fully saturated rings. The van der Waals surface area contributed by atoms with Gasteiger partial charge in [0.25, 0.3) is 5.91 Å². The zero-order valence-electron chi connectivity index (χ0n) is 13.4. The Morgan fingerprint density at radius 3 is 2.70 bits per heavy atom. The van der Waals surface area contributed by atoms with Crippen molar-refractivity contribution in [1.29, 1.82) is 0 Å². The van der Waals surface area contributed by atoms with Crippen LogP contribution in [-0.2, 0) is 7.05 Å². The van der Waals surface area contributed by atoms with Gasteiger partial charge in [0.15, 0.2) is 5.65 Å². The third-order valence-corrected chi connectivity index (χ3v) is 5.61. The SMILES string of the molecule is Cn1cnc2c(C(=O)N3CCC(O)(C4CCC4)CC3)ccnc21. The van der Waals surface area contributed by atoms with Crippen molar-refractivity contribution in [2.45, 2.75) is 37.7 Å². The van der Waals surface area contributed by atoms with Gasteiger partial charge in [-0.3, -0.25) is 4.79 Å². The van der Waals surface area contributed by atoms with Crippen LogP contribution in [-0.4, -0.2) is 49.1 Å². The maximum Gasteiger partial charge on any atom is 0.256 e. The third kappa shape index (κ3) is 2.32. The van der Waals surface area contributed by atoms with Crippen molar-refractivity contribution < 1.29 is 9.90 Å². The first-order valence-electron chi connectivity index (χ1n) is 8.36. The summed E-state index contributed by atoms with van der Waals surface area (Å²) >= 11 is 0. The molecule has 1 aliphatic heterocycles. The van der Waals surface area contributed by atoms with Gasteiger partial charge < -0.3 is 14.6 Å². The molecule has 1 amide bonds. The molecule has 0 radical (unpaired) electrons. The van der Waals surface area contributed by atoms with Crippen molar-refractivity contribution in [3.8, 4) is 0 Å². The fourth-order valence-corrected chi connectivity index (χ4v) is 3.82. The van der Waals surface area contributed by atoms with E-state index in [-0.39, 0.29) is 5.91 Å². The van der Waals surface area contributed by atoms with Gasteiger partial charge >= 0.3 is 0 Å². The number of imidazole rings is 1. The van der Waals surface area contributed by atoms with Crippen LogP contribution >= 0.6 is 0 Å². The van der Waals surface area contributed by atoms with E-state index in [1.54, 1.807) is 18.6 Å². The molecular formula is C17H22N4O2. The molecule has 2 aromatic heterocycles. The highest BCUT2D eigenvalue weighted by Crippen LogP contribution is 2.42. The average Bonchev–Trinajstić information content (AvgIpc) is 2.87. The maximum atomic E-state index is 12.9. The quantitative estimate of drug-likeness (QED) is 0.916. The molecule has 1 saturated heterocycles. The number of aromatic nitrogens is 3. The number of carbonyl (C=O) groups is 1. The van der Waals surface area contributed by atoms with Crippen LogP contribution in [0.5, 0.6) is 0 Å². The Balaban J connectivity index is 1.53. The number of carbonyl (C=O) groups excluding carboxylic acids is 1. The molecule has 1 saturated carbocycles. The van der Waals surface area contributed by atoms with Gasteiger partial charge in [-0.05, 0) is 37.7 Å². The monoisotopic (exact) mass is 314 g/mol. The summed E-state index contributed by atoms with van der Waals surface area (Å²) in [7, 11) is 1.87. The number of aryl methyl sites for hydroxylation is 1. The highest BCUT2D eigenvalue weighted by molar-refractivity contribution is 6.04. The molecule has 3 heterocycles. The van der Waals surface area contributed by atoms with Crippen molar-refractivity contribution in [1.82, 2.24) is 19.4 Å². The fraction of sp³-hybridized carbons (Fsp3) is 0.588. The Morgan fingerprint density at radius 2 is 2.04 bits per heavy atom. The lowest BCUT2D eigenvalue weighted by Crippen LogP contribution is -2.52. The lowest BCUT2D eigenvalue weighted by molar-refractivity contribution is -0.0861. The van der Waals surface area contributed by atoms with Gasteiger partial charge in [-0.25, -0.2) is 9.97 Å². The van der Waals surface area contributed by atoms with E-state index in [9.17, 15) is 9.90 Å². The number of aliphatic hydroxyl groups is 1. The minimum absolute atomic E-state index is 0.00763. The summed E-state index contributed by atoms with van der Waals surface area (Å²) in [6, 6.07) is 1.74. The largest absolute Gasteiger partial charge is 0.389 e. The Morgan fingerprint density at radius 1 is 1.30 bits per heavy atom. The predicted octanol–water partition coefficient (Wildman–Crippen LogP) is 1.74. The molecule has 4 rings (SSSR count). The number of pyridine rings is 1. The summed E-state index contributed by atoms with van der Waals surface area (Å²) in [5, 5.41) is 10.8. The van der Waals surface area contributed by atoms with E-state index in [1.807, 2.05) is 16.5 Å². The Labute approximate surface area is 135 Å². The number of likely N-dealkylation sites (tertiary alicyclic amines) is 1. The van der Waals surface area contributed by atoms with Crippen LogP contribution in [0, 0.1) is 5.92 Å². The highest BCUT2D eigenvalue weighted by Gasteiger charge is 2.43. The summed E-state index contributed by atoms with van der Waals surface area (Å²) in [6.07, 6.45) is 8.18. The Bertz CT molecular complexity index is 742. The number of hydrogen-bond donors (Lipinski definition) is 1. The second-order valence-electron chi connectivity index (χ2n) is 6.91. The second kappa shape index (κ2) is 5.30. The molecule has 0 spiro atoms. The fourth-order valence-electron chi connectivity index (χ4n) is 3.82. The summed E-state index contributed by atoms with van der Waals surface area (Å²) < 4.78 is 1.82. The molecule has 1 N–H and O–H groups in total. The van der Waals surface area contributed by atoms with Crippen LogP contribution in [0.3, 0.4) is 0 Å². The lowest BCUT2D eigenvalue weighted by atomic mass is 9.69. The molecular weight excluding hydrogens is 292 g/mol. The summed E-state index contributed by atoms with van der Waals surface area (Å²) in [5.41, 5.74) is 1.41. The van der Waals surface area contributed by atoms with E-state index in [0.717, 1.165) is 18.5 Å². The Kier molecular flexibility index (Phi) is 3.37. The van der Waals surface area contributed by atoms with Crippen molar-refractivity contribution in [3.63, 3.8) is 0 Å². The first-order chi connectivity index (χ1) is 11.1. The Hall–Kier alpha value is -1.95. The number of piperidine rings is 1. The molecule has 0 aromatic carbocycles. The van der Waals surface area contributed by atoms with Gasteiger partial charge in [0, 0.05) is 26.3 Å². The van der Waals surface area contributed by atoms with Crippen LogP contribution in [0.25, 0.3) is 11.2 Å². The minimum Gasteiger partial charge on any atom is -0.389 e. The molecule has 23 heavy (non-hydrogen) atoms. The van der Waals surface area contributed by atoms with Gasteiger partial charge in [-0.2, -0.15) is 0 Å². The van der Waals surface area contributed by atoms with E-state index < -0.39 is 5.60 Å². The van der Waals surface area contributed by atoms with E-state index in [4.69, 9.17) is 0 Å². The summed E-state index contributed by atoms with van der Waals surface area (Å²) in [4.78, 5) is 23.3. The highest BCUT2D eigenvalue weighted by atomic mass is 16.3. The molecule has 0 atom stereocenters. The van der Waals surface area contributed by atoms with Gasteiger partial charge in [-0.1, -0.05) is 6.42 Å². The molecule has 1 aliphatic carbocycles. The molecule has 122 valence electrons. The molecule has 0 bridgehead atoms. The number of hydrogen-bond acceptors (Lipinski definition) is 4. The molecule has 6 nitrogen and oxygen atoms in total. The normalized spacial score (nSPS) is 21.4. The number of fused-ring (bicyclic) bond motifs is 1. The zero-order valence-corrected chi connectivity index (χ0v) is 13.4. The van der Waals surface area contributed by atoms with Crippen LogP contribution in [0.4, 0.5) is 0 Å². The number of amides is 1. The number of rotatable bonds is 2. The standard InChI is InChI=1S/C17H22N4O2/c1-20-11-19-14-13(5-8-18-15(14)20)16(22)21-9-6-17(23,7-10-21)12-3-2-4-12/h5,8,11-12,23H,2-4,6-7,9-10H2,1H3. The second-order valence-corrected chi connectivity index (χ2v) is 6.91. The number of nitrogens with zero attached hydrogens (tertiary/aromatic N) is 4. The molecule has 0 unspecified atom stereocenters. The van der Waals surface area contributed by atoms with Crippen LogP contribution in [0.2, 0.25) is 0 Å². The van der Waals surface area contributed by atoms with E-state index in [1.165, 1.54) is 6.42 Å². The van der Waals surface area contributed by atoms with E-state index in [2.05, 4.69) is 9.97 Å². The predicted molar refractivity (Wildman–Crippen MR) is 85.9 cm³/mol. The molecule has 2 aromatic rings. The van der Waals surface area contributed by atoms with Crippen LogP contribution in [0.1, 0.15) is 42.5 Å². The summed E-state index contributed by atoms with van der Waals surface area (Å²) in [5.74, 6) is 0.426. The smallest absolute Gasteiger partial charge is 0.256 e. The van der Waals surface area contributed by atoms with Crippen LogP contribution in [0.15, 0.2) is 18.6 Å². The topological polar surface area (TPSA) is 71.2 Å². The van der Waals surface area contributed by atoms with Crippen molar-refractivity contribution in [2.24, 2.45) is 13.0 Å². The first kappa shape index (κ1) is 14.6. The van der Waals surface area contributed by atoms with Gasteiger partial charge in [0.05, 0.1) is 17.5 Å². The van der Waals surface area contributed by atoms with E-state index in [0.29, 0.717) is 42.9 Å². The summed E-state index contributed by atoms with van der Waals surface area (Å²) in [6.45, 7) is 1.23. The van der Waals surface area contributed by atoms with Crippen molar-refractivity contribution in [3.05, 3.63) is 24.2 Å². The first-order valence-corrected chi connectivity index (χ1v) is 8.36. The van der Waals surface area contributed by atoms with Crippen molar-refractivity contribution >= 4 is 17.1 Å². The van der Waals surface area contributed by atoms with Gasteiger partial charge in [0.1, 0.15) is 5.52 Å². The zero-order chi connectivity index (χ0) is 16.0. The third-order valence-electron chi connectivity index (χ3n) is 5.61. The molecule has 2 aliphatic rings. The van der Waals surface area contributed by atoms with Gasteiger partial charge in [0.2, 0.25) is 0 Å². The van der Waals surface area contributed by atoms with Crippen LogP contribution < -0.4 is 0 Å². The maximum absolute atomic E-state index is 12.9. The lowest BCUT2D eigenvalue weighted by Gasteiger charge is -2.46. The molecule has 6 heteroatoms. The van der Waals surface area contributed by atoms with E-state index >= 15 is 0 Å². The average molecular weight is 314 g/mol. The van der Waals surface area contributed by atoms with Crippen molar-refractivity contribution in [2.75, 3.05) is 13.1 Å².